The molecule has 4 nitrogen and oxygen atoms in total. The summed E-state index contributed by atoms with van der Waals surface area (Å²) in [6.07, 6.45) is 1.03. The lowest BCUT2D eigenvalue weighted by Gasteiger charge is -2.31. The number of rotatable bonds is 2. The van der Waals surface area contributed by atoms with E-state index in [1.54, 1.807) is 0 Å². The van der Waals surface area contributed by atoms with E-state index in [1.165, 1.54) is 18.2 Å². The maximum absolute atomic E-state index is 13.6. The zero-order chi connectivity index (χ0) is 14.0. The first-order valence-electron chi connectivity index (χ1n) is 6.37. The Morgan fingerprint density at radius 1 is 1.37 bits per heavy atom. The minimum atomic E-state index is -0.707. The summed E-state index contributed by atoms with van der Waals surface area (Å²) in [5, 5.41) is 0. The summed E-state index contributed by atoms with van der Waals surface area (Å²) >= 11 is 0. The molecule has 2 rings (SSSR count). The van der Waals surface area contributed by atoms with Crippen molar-refractivity contribution < 1.29 is 18.7 Å². The van der Waals surface area contributed by atoms with E-state index in [0.29, 0.717) is 12.8 Å². The first kappa shape index (κ1) is 13.8. The second kappa shape index (κ2) is 5.57. The number of nitrogens with two attached hydrogens (primary N) is 1. The fraction of sp³-hybridized carbons (Fsp3) is 0.500. The normalized spacial score (nSPS) is 27.0. The zero-order valence-electron chi connectivity index (χ0n) is 11.1. The SMILES string of the molecule is CC1CC(OC(=O)c2c(N)cccc2F)CC(C)O1. The lowest BCUT2D eigenvalue weighted by atomic mass is 10.0. The number of ether oxygens (including phenoxy) is 2. The Hall–Kier alpha value is -1.62. The van der Waals surface area contributed by atoms with Gasteiger partial charge in [-0.25, -0.2) is 9.18 Å². The van der Waals surface area contributed by atoms with Crippen LogP contribution in [0.25, 0.3) is 0 Å². The van der Waals surface area contributed by atoms with Crippen LogP contribution in [-0.2, 0) is 9.47 Å². The van der Waals surface area contributed by atoms with Crippen LogP contribution in [-0.4, -0.2) is 24.3 Å². The number of halogens is 1. The average molecular weight is 267 g/mol. The highest BCUT2D eigenvalue weighted by Gasteiger charge is 2.28. The molecule has 2 unspecified atom stereocenters. The predicted octanol–water partition coefficient (Wildman–Crippen LogP) is 2.52. The average Bonchev–Trinajstić information content (AvgIpc) is 2.26. The van der Waals surface area contributed by atoms with Crippen LogP contribution in [0.1, 0.15) is 37.0 Å². The van der Waals surface area contributed by atoms with E-state index in [1.807, 2.05) is 13.8 Å². The fourth-order valence-corrected chi connectivity index (χ4v) is 2.41. The van der Waals surface area contributed by atoms with Crippen molar-refractivity contribution in [2.24, 2.45) is 0 Å². The predicted molar refractivity (Wildman–Crippen MR) is 69.3 cm³/mol. The summed E-state index contributed by atoms with van der Waals surface area (Å²) in [6.45, 7) is 3.85. The third kappa shape index (κ3) is 3.23. The Morgan fingerprint density at radius 3 is 2.58 bits per heavy atom. The second-order valence-electron chi connectivity index (χ2n) is 4.96. The van der Waals surface area contributed by atoms with E-state index in [4.69, 9.17) is 15.2 Å². The van der Waals surface area contributed by atoms with Crippen molar-refractivity contribution in [3.63, 3.8) is 0 Å². The molecule has 0 bridgehead atoms. The van der Waals surface area contributed by atoms with Gasteiger partial charge in [0.15, 0.2) is 0 Å². The molecule has 1 aromatic rings. The Labute approximate surface area is 111 Å². The number of anilines is 1. The van der Waals surface area contributed by atoms with Crippen molar-refractivity contribution in [2.75, 3.05) is 5.73 Å². The van der Waals surface area contributed by atoms with Gasteiger partial charge < -0.3 is 15.2 Å². The lowest BCUT2D eigenvalue weighted by Crippen LogP contribution is -2.35. The second-order valence-corrected chi connectivity index (χ2v) is 4.96. The van der Waals surface area contributed by atoms with E-state index in [9.17, 15) is 9.18 Å². The van der Waals surface area contributed by atoms with Gasteiger partial charge >= 0.3 is 5.97 Å². The molecule has 0 amide bonds. The van der Waals surface area contributed by atoms with Gasteiger partial charge in [0.1, 0.15) is 17.5 Å². The van der Waals surface area contributed by atoms with Crippen molar-refractivity contribution in [1.29, 1.82) is 0 Å². The fourth-order valence-electron chi connectivity index (χ4n) is 2.41. The molecule has 0 saturated carbocycles. The van der Waals surface area contributed by atoms with Crippen LogP contribution in [0.3, 0.4) is 0 Å². The van der Waals surface area contributed by atoms with Crippen molar-refractivity contribution in [3.05, 3.63) is 29.6 Å². The van der Waals surface area contributed by atoms with Crippen molar-refractivity contribution in [1.82, 2.24) is 0 Å². The van der Waals surface area contributed by atoms with Gasteiger partial charge in [0.25, 0.3) is 0 Å². The number of carbonyl (C=O) groups is 1. The van der Waals surface area contributed by atoms with Crippen LogP contribution >= 0.6 is 0 Å². The van der Waals surface area contributed by atoms with Gasteiger partial charge in [0, 0.05) is 18.5 Å². The van der Waals surface area contributed by atoms with Gasteiger partial charge in [-0.3, -0.25) is 0 Å². The molecule has 2 atom stereocenters. The summed E-state index contributed by atoms with van der Waals surface area (Å²) in [5.41, 5.74) is 5.53. The number of esters is 1. The van der Waals surface area contributed by atoms with E-state index < -0.39 is 11.8 Å². The van der Waals surface area contributed by atoms with Gasteiger partial charge in [-0.1, -0.05) is 6.07 Å². The lowest BCUT2D eigenvalue weighted by molar-refractivity contribution is -0.0856. The highest BCUT2D eigenvalue weighted by atomic mass is 19.1. The number of carbonyl (C=O) groups excluding carboxylic acids is 1. The van der Waals surface area contributed by atoms with Crippen LogP contribution in [0.15, 0.2) is 18.2 Å². The zero-order valence-corrected chi connectivity index (χ0v) is 11.1. The van der Waals surface area contributed by atoms with Crippen LogP contribution < -0.4 is 5.73 Å². The maximum Gasteiger partial charge on any atom is 0.343 e. The molecule has 1 aliphatic rings. The summed E-state index contributed by atoms with van der Waals surface area (Å²) in [6, 6.07) is 4.14. The van der Waals surface area contributed by atoms with Crippen LogP contribution in [0.2, 0.25) is 0 Å². The van der Waals surface area contributed by atoms with Crippen molar-refractivity contribution in [2.45, 2.75) is 45.0 Å². The molecule has 1 aromatic carbocycles. The molecule has 0 spiro atoms. The van der Waals surface area contributed by atoms with Crippen molar-refractivity contribution >= 4 is 11.7 Å². The molecule has 19 heavy (non-hydrogen) atoms. The molecule has 1 aliphatic heterocycles. The molecule has 104 valence electrons. The van der Waals surface area contributed by atoms with E-state index >= 15 is 0 Å². The summed E-state index contributed by atoms with van der Waals surface area (Å²) in [4.78, 5) is 12.0. The van der Waals surface area contributed by atoms with E-state index in [-0.39, 0.29) is 29.6 Å². The smallest absolute Gasteiger partial charge is 0.343 e. The van der Waals surface area contributed by atoms with Gasteiger partial charge in [-0.15, -0.1) is 0 Å². The van der Waals surface area contributed by atoms with Gasteiger partial charge in [-0.2, -0.15) is 0 Å². The van der Waals surface area contributed by atoms with Crippen molar-refractivity contribution in [3.8, 4) is 0 Å². The topological polar surface area (TPSA) is 61.5 Å². The van der Waals surface area contributed by atoms with Gasteiger partial charge in [-0.05, 0) is 26.0 Å². The van der Waals surface area contributed by atoms with Crippen LogP contribution in [0.4, 0.5) is 10.1 Å². The number of nitrogen functional groups attached to an aromatic ring is 1. The number of benzene rings is 1. The summed E-state index contributed by atoms with van der Waals surface area (Å²) < 4.78 is 24.5. The van der Waals surface area contributed by atoms with E-state index in [2.05, 4.69) is 0 Å². The molecule has 0 aromatic heterocycles. The number of hydrogen-bond acceptors (Lipinski definition) is 4. The Bertz CT molecular complexity index is 448. The summed E-state index contributed by atoms with van der Waals surface area (Å²) in [5.74, 6) is -1.36. The standard InChI is InChI=1S/C14H18FNO3/c1-8-6-10(7-9(2)18-8)19-14(17)13-11(15)4-3-5-12(13)16/h3-5,8-10H,6-7,16H2,1-2H3. The molecule has 1 saturated heterocycles. The summed E-state index contributed by atoms with van der Waals surface area (Å²) in [7, 11) is 0. The first-order valence-corrected chi connectivity index (χ1v) is 6.37. The molecule has 5 heteroatoms. The minimum Gasteiger partial charge on any atom is -0.458 e. The third-order valence-electron chi connectivity index (χ3n) is 3.18. The van der Waals surface area contributed by atoms with Crippen LogP contribution in [0.5, 0.6) is 0 Å². The van der Waals surface area contributed by atoms with E-state index in [0.717, 1.165) is 0 Å². The van der Waals surface area contributed by atoms with Gasteiger partial charge in [0.2, 0.25) is 0 Å². The molecular formula is C14H18FNO3. The first-order chi connectivity index (χ1) is 8.97. The molecule has 2 N–H and O–H groups in total. The molecule has 0 aliphatic carbocycles. The highest BCUT2D eigenvalue weighted by Crippen LogP contribution is 2.24. The molecule has 1 fully saturated rings. The van der Waals surface area contributed by atoms with Gasteiger partial charge in [0.05, 0.1) is 12.2 Å². The largest absolute Gasteiger partial charge is 0.458 e. The van der Waals surface area contributed by atoms with Crippen LogP contribution in [0, 0.1) is 5.82 Å². The minimum absolute atomic E-state index is 0.0273. The molecular weight excluding hydrogens is 249 g/mol. The third-order valence-corrected chi connectivity index (χ3v) is 3.18. The number of hydrogen-bond donors (Lipinski definition) is 1. The Balaban J connectivity index is 2.09. The Morgan fingerprint density at radius 2 is 2.00 bits per heavy atom. The molecule has 1 heterocycles. The maximum atomic E-state index is 13.6. The highest BCUT2D eigenvalue weighted by molar-refractivity contribution is 5.95. The Kier molecular flexibility index (Phi) is 4.04. The monoisotopic (exact) mass is 267 g/mol. The quantitative estimate of drug-likeness (QED) is 0.660. The molecule has 0 radical (unpaired) electrons.